The number of nitrogens with zero attached hydrogens (tertiary/aromatic N) is 1. The Labute approximate surface area is 93.2 Å². The zero-order valence-corrected chi connectivity index (χ0v) is 10.0. The number of hydrogen-bond donors (Lipinski definition) is 1. The fourth-order valence-corrected chi connectivity index (χ4v) is 2.57. The SMILES string of the molecule is CC(C)C1CN(C2CCOC2)CCCN1. The maximum Gasteiger partial charge on any atom is 0.0622 e. The molecule has 0 aromatic heterocycles. The van der Waals surface area contributed by atoms with Gasteiger partial charge in [0.25, 0.3) is 0 Å². The van der Waals surface area contributed by atoms with Gasteiger partial charge in [0, 0.05) is 25.2 Å². The number of hydrogen-bond acceptors (Lipinski definition) is 3. The highest BCUT2D eigenvalue weighted by Gasteiger charge is 2.27. The van der Waals surface area contributed by atoms with Gasteiger partial charge in [0.15, 0.2) is 0 Å². The normalized spacial score (nSPS) is 34.6. The number of ether oxygens (including phenoxy) is 1. The van der Waals surface area contributed by atoms with Crippen molar-refractivity contribution in [2.24, 2.45) is 5.92 Å². The minimum absolute atomic E-state index is 0.660. The Bertz CT molecular complexity index is 190. The predicted molar refractivity (Wildman–Crippen MR) is 62.0 cm³/mol. The van der Waals surface area contributed by atoms with Crippen LogP contribution in [0.1, 0.15) is 26.7 Å². The summed E-state index contributed by atoms with van der Waals surface area (Å²) in [5.74, 6) is 0.730. The summed E-state index contributed by atoms with van der Waals surface area (Å²) in [7, 11) is 0. The van der Waals surface area contributed by atoms with E-state index in [1.807, 2.05) is 0 Å². The van der Waals surface area contributed by atoms with E-state index >= 15 is 0 Å². The van der Waals surface area contributed by atoms with Gasteiger partial charge in [-0.15, -0.1) is 0 Å². The smallest absolute Gasteiger partial charge is 0.0622 e. The highest BCUT2D eigenvalue weighted by molar-refractivity contribution is 4.84. The molecule has 0 bridgehead atoms. The maximum absolute atomic E-state index is 5.48. The summed E-state index contributed by atoms with van der Waals surface area (Å²) in [4.78, 5) is 2.64. The van der Waals surface area contributed by atoms with Crippen molar-refractivity contribution in [1.82, 2.24) is 10.2 Å². The van der Waals surface area contributed by atoms with E-state index in [0.717, 1.165) is 19.1 Å². The summed E-state index contributed by atoms with van der Waals surface area (Å²) >= 11 is 0. The van der Waals surface area contributed by atoms with Crippen molar-refractivity contribution >= 4 is 0 Å². The van der Waals surface area contributed by atoms with Gasteiger partial charge < -0.3 is 10.1 Å². The Hall–Kier alpha value is -0.120. The van der Waals surface area contributed by atoms with Crippen LogP contribution >= 0.6 is 0 Å². The molecular formula is C12H24N2O. The Morgan fingerprint density at radius 1 is 1.40 bits per heavy atom. The molecule has 0 radical (unpaired) electrons. The van der Waals surface area contributed by atoms with Crippen molar-refractivity contribution in [3.63, 3.8) is 0 Å². The fourth-order valence-electron chi connectivity index (χ4n) is 2.57. The van der Waals surface area contributed by atoms with E-state index in [2.05, 4.69) is 24.1 Å². The molecule has 0 amide bonds. The Balaban J connectivity index is 1.92. The highest BCUT2D eigenvalue weighted by atomic mass is 16.5. The summed E-state index contributed by atoms with van der Waals surface area (Å²) in [6.45, 7) is 10.1. The molecule has 3 nitrogen and oxygen atoms in total. The summed E-state index contributed by atoms with van der Waals surface area (Å²) in [5, 5.41) is 3.65. The van der Waals surface area contributed by atoms with Crippen molar-refractivity contribution in [3.05, 3.63) is 0 Å². The molecular weight excluding hydrogens is 188 g/mol. The van der Waals surface area contributed by atoms with Crippen molar-refractivity contribution < 1.29 is 4.74 Å². The first-order valence-corrected chi connectivity index (χ1v) is 6.32. The van der Waals surface area contributed by atoms with Crippen molar-refractivity contribution in [1.29, 1.82) is 0 Å². The molecule has 2 fully saturated rings. The average molecular weight is 212 g/mol. The number of nitrogens with one attached hydrogen (secondary N) is 1. The second-order valence-corrected chi connectivity index (χ2v) is 5.17. The maximum atomic E-state index is 5.48. The molecule has 15 heavy (non-hydrogen) atoms. The van der Waals surface area contributed by atoms with Crippen LogP contribution in [-0.4, -0.2) is 49.8 Å². The Kier molecular flexibility index (Phi) is 4.00. The van der Waals surface area contributed by atoms with Crippen LogP contribution < -0.4 is 5.32 Å². The van der Waals surface area contributed by atoms with Crippen LogP contribution in [0.2, 0.25) is 0 Å². The zero-order chi connectivity index (χ0) is 10.7. The second kappa shape index (κ2) is 5.28. The van der Waals surface area contributed by atoms with E-state index in [0.29, 0.717) is 12.1 Å². The van der Waals surface area contributed by atoms with Gasteiger partial charge >= 0.3 is 0 Å². The lowest BCUT2D eigenvalue weighted by Crippen LogP contribution is -2.45. The number of rotatable bonds is 2. The van der Waals surface area contributed by atoms with Crippen molar-refractivity contribution in [3.8, 4) is 0 Å². The standard InChI is InChI=1S/C12H24N2O/c1-10(2)12-8-14(6-3-5-13-12)11-4-7-15-9-11/h10-13H,3-9H2,1-2H3. The molecule has 2 unspecified atom stereocenters. The molecule has 2 aliphatic rings. The van der Waals surface area contributed by atoms with Gasteiger partial charge in [-0.25, -0.2) is 0 Å². The van der Waals surface area contributed by atoms with Crippen LogP contribution in [0, 0.1) is 5.92 Å². The quantitative estimate of drug-likeness (QED) is 0.742. The molecule has 0 aromatic rings. The van der Waals surface area contributed by atoms with Crippen LogP contribution in [0.15, 0.2) is 0 Å². The van der Waals surface area contributed by atoms with Crippen molar-refractivity contribution in [2.75, 3.05) is 32.8 Å². The summed E-state index contributed by atoms with van der Waals surface area (Å²) in [5.41, 5.74) is 0. The predicted octanol–water partition coefficient (Wildman–Crippen LogP) is 1.10. The molecule has 1 N–H and O–H groups in total. The van der Waals surface area contributed by atoms with Gasteiger partial charge in [-0.3, -0.25) is 4.90 Å². The topological polar surface area (TPSA) is 24.5 Å². The molecule has 2 rings (SSSR count). The lowest BCUT2D eigenvalue weighted by atomic mass is 10.0. The van der Waals surface area contributed by atoms with Crippen LogP contribution in [0.4, 0.5) is 0 Å². The lowest BCUT2D eigenvalue weighted by molar-refractivity contribution is 0.137. The first kappa shape index (κ1) is 11.4. The largest absolute Gasteiger partial charge is 0.380 e. The fraction of sp³-hybridized carbons (Fsp3) is 1.00. The highest BCUT2D eigenvalue weighted by Crippen LogP contribution is 2.16. The van der Waals surface area contributed by atoms with Gasteiger partial charge in [0.1, 0.15) is 0 Å². The van der Waals surface area contributed by atoms with E-state index in [9.17, 15) is 0 Å². The minimum atomic E-state index is 0.660. The van der Waals surface area contributed by atoms with E-state index in [1.165, 1.54) is 32.5 Å². The van der Waals surface area contributed by atoms with Gasteiger partial charge in [0.2, 0.25) is 0 Å². The molecule has 2 atom stereocenters. The van der Waals surface area contributed by atoms with Gasteiger partial charge in [-0.1, -0.05) is 13.8 Å². The molecule has 2 saturated heterocycles. The summed E-state index contributed by atoms with van der Waals surface area (Å²) < 4.78 is 5.48. The average Bonchev–Trinajstić information content (AvgIpc) is 2.62. The third-order valence-corrected chi connectivity index (χ3v) is 3.69. The molecule has 0 saturated carbocycles. The van der Waals surface area contributed by atoms with E-state index in [4.69, 9.17) is 4.74 Å². The second-order valence-electron chi connectivity index (χ2n) is 5.17. The van der Waals surface area contributed by atoms with E-state index < -0.39 is 0 Å². The van der Waals surface area contributed by atoms with E-state index in [-0.39, 0.29) is 0 Å². The Morgan fingerprint density at radius 3 is 2.93 bits per heavy atom. The summed E-state index contributed by atoms with van der Waals surface area (Å²) in [6.07, 6.45) is 2.50. The molecule has 3 heteroatoms. The van der Waals surface area contributed by atoms with Gasteiger partial charge in [-0.05, 0) is 31.8 Å². The Morgan fingerprint density at radius 2 is 2.27 bits per heavy atom. The van der Waals surface area contributed by atoms with Gasteiger partial charge in [-0.2, -0.15) is 0 Å². The first-order chi connectivity index (χ1) is 7.27. The van der Waals surface area contributed by atoms with E-state index in [1.54, 1.807) is 0 Å². The van der Waals surface area contributed by atoms with Crippen LogP contribution in [0.25, 0.3) is 0 Å². The monoisotopic (exact) mass is 212 g/mol. The van der Waals surface area contributed by atoms with Crippen LogP contribution in [0.3, 0.4) is 0 Å². The lowest BCUT2D eigenvalue weighted by Gasteiger charge is -2.30. The molecule has 0 aliphatic carbocycles. The third-order valence-electron chi connectivity index (χ3n) is 3.69. The van der Waals surface area contributed by atoms with Crippen LogP contribution in [-0.2, 0) is 4.74 Å². The summed E-state index contributed by atoms with van der Waals surface area (Å²) in [6, 6.07) is 1.35. The van der Waals surface area contributed by atoms with Crippen molar-refractivity contribution in [2.45, 2.75) is 38.8 Å². The first-order valence-electron chi connectivity index (χ1n) is 6.32. The molecule has 0 spiro atoms. The molecule has 0 aromatic carbocycles. The zero-order valence-electron chi connectivity index (χ0n) is 10.0. The molecule has 2 aliphatic heterocycles. The molecule has 2 heterocycles. The third kappa shape index (κ3) is 2.92. The van der Waals surface area contributed by atoms with Crippen LogP contribution in [0.5, 0.6) is 0 Å². The molecule has 88 valence electrons. The minimum Gasteiger partial charge on any atom is -0.380 e. The van der Waals surface area contributed by atoms with Gasteiger partial charge in [0.05, 0.1) is 6.61 Å².